The first-order valence-corrected chi connectivity index (χ1v) is 9.14. The second-order valence-corrected chi connectivity index (χ2v) is 7.01. The molecule has 124 valence electrons. The maximum absolute atomic E-state index is 13.0. The number of urea groups is 1. The smallest absolute Gasteiger partial charge is 0.321 e. The summed E-state index contributed by atoms with van der Waals surface area (Å²) in [5, 5.41) is 6.92. The highest BCUT2D eigenvalue weighted by molar-refractivity contribution is 7.07. The van der Waals surface area contributed by atoms with Crippen molar-refractivity contribution in [2.24, 2.45) is 0 Å². The minimum absolute atomic E-state index is 0.0464. The highest BCUT2D eigenvalue weighted by Crippen LogP contribution is 2.31. The van der Waals surface area contributed by atoms with Gasteiger partial charge in [-0.2, -0.15) is 11.3 Å². The van der Waals surface area contributed by atoms with Crippen LogP contribution in [0.1, 0.15) is 28.8 Å². The van der Waals surface area contributed by atoms with Crippen molar-refractivity contribution < 1.29 is 9.59 Å². The molecule has 1 aromatic carbocycles. The van der Waals surface area contributed by atoms with Gasteiger partial charge in [-0.25, -0.2) is 4.79 Å². The summed E-state index contributed by atoms with van der Waals surface area (Å²) >= 11 is 1.65. The molecule has 4 rings (SSSR count). The lowest BCUT2D eigenvalue weighted by molar-refractivity contribution is 0.0730. The number of hydrogen-bond acceptors (Lipinski definition) is 3. The Morgan fingerprint density at radius 2 is 2.21 bits per heavy atom. The largest absolute Gasteiger partial charge is 0.336 e. The highest BCUT2D eigenvalue weighted by Gasteiger charge is 2.33. The fourth-order valence-electron chi connectivity index (χ4n) is 3.02. The van der Waals surface area contributed by atoms with Crippen LogP contribution in [0.4, 0.5) is 10.5 Å². The van der Waals surface area contributed by atoms with Crippen LogP contribution in [0.2, 0.25) is 0 Å². The average molecular weight is 341 g/mol. The Kier molecular flexibility index (Phi) is 3.98. The summed E-state index contributed by atoms with van der Waals surface area (Å²) in [6, 6.07) is 9.71. The van der Waals surface area contributed by atoms with Gasteiger partial charge in [0, 0.05) is 36.9 Å². The summed E-state index contributed by atoms with van der Waals surface area (Å²) in [5.41, 5.74) is 2.60. The van der Waals surface area contributed by atoms with Crippen molar-refractivity contribution in [1.29, 1.82) is 0 Å². The SMILES string of the molecule is O=C1NCCN1c1cccc(C(=O)N(Cc2ccsc2)C2CC2)c1. The van der Waals surface area contributed by atoms with Gasteiger partial charge in [0.15, 0.2) is 0 Å². The van der Waals surface area contributed by atoms with Crippen LogP contribution in [0.5, 0.6) is 0 Å². The van der Waals surface area contributed by atoms with Crippen LogP contribution in [-0.4, -0.2) is 36.0 Å². The number of carbonyl (C=O) groups excluding carboxylic acids is 2. The molecule has 2 aliphatic rings. The predicted octanol–water partition coefficient (Wildman–Crippen LogP) is 3.08. The second-order valence-electron chi connectivity index (χ2n) is 6.23. The predicted molar refractivity (Wildman–Crippen MR) is 94.4 cm³/mol. The molecule has 5 nitrogen and oxygen atoms in total. The summed E-state index contributed by atoms with van der Waals surface area (Å²) in [6.07, 6.45) is 2.15. The lowest BCUT2D eigenvalue weighted by atomic mass is 10.1. The van der Waals surface area contributed by atoms with Gasteiger partial charge in [-0.3, -0.25) is 9.69 Å². The Labute approximate surface area is 144 Å². The molecule has 24 heavy (non-hydrogen) atoms. The van der Waals surface area contributed by atoms with Crippen molar-refractivity contribution in [3.8, 4) is 0 Å². The third kappa shape index (κ3) is 3.01. The molecule has 1 saturated heterocycles. The number of benzene rings is 1. The number of anilines is 1. The van der Waals surface area contributed by atoms with Crippen molar-refractivity contribution >= 4 is 29.0 Å². The first-order chi connectivity index (χ1) is 11.7. The van der Waals surface area contributed by atoms with E-state index >= 15 is 0 Å². The van der Waals surface area contributed by atoms with Gasteiger partial charge in [0.2, 0.25) is 0 Å². The molecule has 1 aromatic heterocycles. The fraction of sp³-hybridized carbons (Fsp3) is 0.333. The zero-order valence-corrected chi connectivity index (χ0v) is 14.1. The average Bonchev–Trinajstić information content (AvgIpc) is 3.13. The van der Waals surface area contributed by atoms with E-state index in [9.17, 15) is 9.59 Å². The molecule has 3 amide bonds. The maximum atomic E-state index is 13.0. The van der Waals surface area contributed by atoms with E-state index in [-0.39, 0.29) is 11.9 Å². The molecule has 2 aromatic rings. The van der Waals surface area contributed by atoms with E-state index in [1.54, 1.807) is 16.2 Å². The Hall–Kier alpha value is -2.34. The molecule has 2 heterocycles. The van der Waals surface area contributed by atoms with Crippen molar-refractivity contribution in [3.05, 3.63) is 52.2 Å². The highest BCUT2D eigenvalue weighted by atomic mass is 32.1. The quantitative estimate of drug-likeness (QED) is 0.909. The monoisotopic (exact) mass is 341 g/mol. The lowest BCUT2D eigenvalue weighted by Gasteiger charge is -2.23. The molecule has 6 heteroatoms. The minimum atomic E-state index is -0.100. The third-order valence-electron chi connectivity index (χ3n) is 4.44. The molecular formula is C18H19N3O2S. The Bertz CT molecular complexity index is 755. The number of nitrogens with zero attached hydrogens (tertiary/aromatic N) is 2. The molecule has 1 aliphatic carbocycles. The molecule has 0 atom stereocenters. The van der Waals surface area contributed by atoms with Crippen LogP contribution in [0.15, 0.2) is 41.1 Å². The first kappa shape index (κ1) is 15.2. The molecule has 1 aliphatic heterocycles. The zero-order valence-electron chi connectivity index (χ0n) is 13.3. The lowest BCUT2D eigenvalue weighted by Crippen LogP contribution is -2.33. The molecular weight excluding hydrogens is 322 g/mol. The Morgan fingerprint density at radius 1 is 1.33 bits per heavy atom. The van der Waals surface area contributed by atoms with Crippen molar-refractivity contribution in [1.82, 2.24) is 10.2 Å². The summed E-state index contributed by atoms with van der Waals surface area (Å²) in [4.78, 5) is 28.5. The molecule has 1 saturated carbocycles. The first-order valence-electron chi connectivity index (χ1n) is 8.20. The second kappa shape index (κ2) is 6.28. The van der Waals surface area contributed by atoms with Crippen molar-refractivity contribution in [2.45, 2.75) is 25.4 Å². The van der Waals surface area contributed by atoms with E-state index in [1.165, 1.54) is 5.56 Å². The fourth-order valence-corrected chi connectivity index (χ4v) is 3.68. The molecule has 2 fully saturated rings. The van der Waals surface area contributed by atoms with Gasteiger partial charge in [-0.15, -0.1) is 0 Å². The molecule has 1 N–H and O–H groups in total. The van der Waals surface area contributed by atoms with Gasteiger partial charge in [0.25, 0.3) is 5.91 Å². The minimum Gasteiger partial charge on any atom is -0.336 e. The maximum Gasteiger partial charge on any atom is 0.321 e. The zero-order chi connectivity index (χ0) is 16.5. The number of thiophene rings is 1. The van der Waals surface area contributed by atoms with Crippen LogP contribution in [0, 0.1) is 0 Å². The molecule has 0 spiro atoms. The van der Waals surface area contributed by atoms with Crippen molar-refractivity contribution in [3.63, 3.8) is 0 Å². The van der Waals surface area contributed by atoms with E-state index in [2.05, 4.69) is 16.8 Å². The number of nitrogens with one attached hydrogen (secondary N) is 1. The van der Waals surface area contributed by atoms with Crippen LogP contribution in [0.3, 0.4) is 0 Å². The summed E-state index contributed by atoms with van der Waals surface area (Å²) in [6.45, 7) is 1.93. The molecule has 0 unspecified atom stereocenters. The van der Waals surface area contributed by atoms with Crippen LogP contribution < -0.4 is 10.2 Å². The van der Waals surface area contributed by atoms with Crippen LogP contribution >= 0.6 is 11.3 Å². The van der Waals surface area contributed by atoms with E-state index < -0.39 is 0 Å². The third-order valence-corrected chi connectivity index (χ3v) is 5.18. The number of carbonyl (C=O) groups is 2. The van der Waals surface area contributed by atoms with E-state index in [1.807, 2.05) is 34.5 Å². The van der Waals surface area contributed by atoms with E-state index in [0.717, 1.165) is 18.5 Å². The Morgan fingerprint density at radius 3 is 2.88 bits per heavy atom. The molecule has 0 bridgehead atoms. The Balaban J connectivity index is 1.57. The van der Waals surface area contributed by atoms with Gasteiger partial charge in [0.1, 0.15) is 0 Å². The van der Waals surface area contributed by atoms with Gasteiger partial charge < -0.3 is 10.2 Å². The summed E-state index contributed by atoms with van der Waals surface area (Å²) in [5.74, 6) is 0.0464. The van der Waals surface area contributed by atoms with Gasteiger partial charge in [-0.1, -0.05) is 6.07 Å². The number of amides is 3. The van der Waals surface area contributed by atoms with Gasteiger partial charge in [-0.05, 0) is 53.4 Å². The van der Waals surface area contributed by atoms with E-state index in [0.29, 0.717) is 31.2 Å². The number of hydrogen-bond donors (Lipinski definition) is 1. The van der Waals surface area contributed by atoms with Crippen LogP contribution in [-0.2, 0) is 6.54 Å². The molecule has 0 radical (unpaired) electrons. The summed E-state index contributed by atoms with van der Waals surface area (Å²) < 4.78 is 0. The standard InChI is InChI=1S/C18H19N3O2S/c22-17(21(15-4-5-15)11-13-6-9-24-12-13)14-2-1-3-16(10-14)20-8-7-19-18(20)23/h1-3,6,9-10,12,15H,4-5,7-8,11H2,(H,19,23). The summed E-state index contributed by atoms with van der Waals surface area (Å²) in [7, 11) is 0. The van der Waals surface area contributed by atoms with Crippen molar-refractivity contribution in [2.75, 3.05) is 18.0 Å². The van der Waals surface area contributed by atoms with E-state index in [4.69, 9.17) is 0 Å². The van der Waals surface area contributed by atoms with Crippen LogP contribution in [0.25, 0.3) is 0 Å². The normalized spacial score (nSPS) is 17.0. The topological polar surface area (TPSA) is 52.7 Å². The van der Waals surface area contributed by atoms with Gasteiger partial charge >= 0.3 is 6.03 Å². The van der Waals surface area contributed by atoms with Gasteiger partial charge in [0.05, 0.1) is 0 Å². The number of rotatable bonds is 5.